The molecule has 0 amide bonds. The van der Waals surface area contributed by atoms with Crippen molar-refractivity contribution in [1.29, 1.82) is 0 Å². The average molecular weight is 250 g/mol. The highest BCUT2D eigenvalue weighted by Crippen LogP contribution is 2.41. The third-order valence-corrected chi connectivity index (χ3v) is 3.61. The van der Waals surface area contributed by atoms with Crippen molar-refractivity contribution < 1.29 is 0 Å². The summed E-state index contributed by atoms with van der Waals surface area (Å²) in [6.45, 7) is 0. The Bertz CT molecular complexity index is 756. The van der Waals surface area contributed by atoms with E-state index < -0.39 is 0 Å². The smallest absolute Gasteiger partial charge is 0.143 e. The molecule has 0 radical (unpaired) electrons. The molecule has 0 aliphatic heterocycles. The Kier molecular flexibility index (Phi) is 2.12. The number of imidazole rings is 1. The predicted molar refractivity (Wildman–Crippen MR) is 75.6 cm³/mol. The number of hydrogen-bond acceptors (Lipinski definition) is 3. The average Bonchev–Trinajstić information content (AvgIpc) is 3.19. The van der Waals surface area contributed by atoms with E-state index >= 15 is 0 Å². The lowest BCUT2D eigenvalue weighted by Crippen LogP contribution is -1.99. The molecule has 1 saturated carbocycles. The van der Waals surface area contributed by atoms with Gasteiger partial charge in [-0.3, -0.25) is 4.98 Å². The van der Waals surface area contributed by atoms with E-state index in [4.69, 9.17) is 10.7 Å². The van der Waals surface area contributed by atoms with Crippen molar-refractivity contribution in [2.75, 3.05) is 5.73 Å². The molecule has 3 aromatic rings. The number of nitrogen functional groups attached to an aromatic ring is 1. The number of benzene rings is 1. The zero-order valence-corrected chi connectivity index (χ0v) is 10.5. The molecule has 4 nitrogen and oxygen atoms in total. The lowest BCUT2D eigenvalue weighted by molar-refractivity contribution is 0.775. The Balaban J connectivity index is 2.04. The molecule has 0 bridgehead atoms. The number of pyridine rings is 1. The first-order valence-electron chi connectivity index (χ1n) is 6.51. The molecule has 2 aromatic heterocycles. The van der Waals surface area contributed by atoms with Gasteiger partial charge in [0.15, 0.2) is 0 Å². The first kappa shape index (κ1) is 10.6. The number of nitrogens with zero attached hydrogens (tertiary/aromatic N) is 3. The first-order valence-corrected chi connectivity index (χ1v) is 6.51. The molecule has 1 fully saturated rings. The summed E-state index contributed by atoms with van der Waals surface area (Å²) in [4.78, 5) is 8.88. The first-order chi connectivity index (χ1) is 9.34. The summed E-state index contributed by atoms with van der Waals surface area (Å²) in [7, 11) is 0. The van der Waals surface area contributed by atoms with E-state index in [9.17, 15) is 0 Å². The molecule has 94 valence electrons. The lowest BCUT2D eigenvalue weighted by atomic mass is 10.1. The van der Waals surface area contributed by atoms with Crippen molar-refractivity contribution in [2.24, 2.45) is 0 Å². The summed E-state index contributed by atoms with van der Waals surface area (Å²) in [6.07, 6.45) is 6.07. The lowest BCUT2D eigenvalue weighted by Gasteiger charge is -2.09. The molecule has 19 heavy (non-hydrogen) atoms. The molecule has 2 N–H and O–H groups in total. The Morgan fingerprint density at radius 2 is 2.00 bits per heavy atom. The molecule has 1 aliphatic carbocycles. The second-order valence-corrected chi connectivity index (χ2v) is 4.99. The summed E-state index contributed by atoms with van der Waals surface area (Å²) < 4.78 is 2.31. The molecule has 1 aliphatic rings. The molecule has 2 heterocycles. The predicted octanol–water partition coefficient (Wildman–Crippen LogP) is 3.02. The molecular formula is C15H14N4. The summed E-state index contributed by atoms with van der Waals surface area (Å²) >= 11 is 0. The van der Waals surface area contributed by atoms with Crippen molar-refractivity contribution in [1.82, 2.24) is 14.5 Å². The highest BCUT2D eigenvalue weighted by Gasteiger charge is 2.29. The van der Waals surface area contributed by atoms with Gasteiger partial charge in [-0.05, 0) is 31.0 Å². The van der Waals surface area contributed by atoms with Crippen LogP contribution in [0.2, 0.25) is 0 Å². The highest BCUT2D eigenvalue weighted by molar-refractivity contribution is 5.83. The fourth-order valence-electron chi connectivity index (χ4n) is 2.54. The van der Waals surface area contributed by atoms with Crippen molar-refractivity contribution in [3.05, 3.63) is 42.7 Å². The maximum atomic E-state index is 6.09. The van der Waals surface area contributed by atoms with Crippen LogP contribution in [0.1, 0.15) is 18.9 Å². The van der Waals surface area contributed by atoms with Gasteiger partial charge in [-0.25, -0.2) is 4.98 Å². The van der Waals surface area contributed by atoms with Crippen LogP contribution in [0.3, 0.4) is 0 Å². The summed E-state index contributed by atoms with van der Waals surface area (Å²) in [5, 5.41) is 0. The molecule has 1 aromatic carbocycles. The Labute approximate surface area is 110 Å². The molecular weight excluding hydrogens is 236 g/mol. The fourth-order valence-corrected chi connectivity index (χ4v) is 2.54. The number of anilines is 1. The highest BCUT2D eigenvalue weighted by atomic mass is 15.1. The van der Waals surface area contributed by atoms with Crippen LogP contribution in [0.5, 0.6) is 0 Å². The number of hydrogen-bond donors (Lipinski definition) is 1. The van der Waals surface area contributed by atoms with Gasteiger partial charge in [0.05, 0.1) is 11.7 Å². The number of para-hydroxylation sites is 1. The summed E-state index contributed by atoms with van der Waals surface area (Å²) in [6, 6.07) is 10.5. The van der Waals surface area contributed by atoms with Crippen LogP contribution in [0, 0.1) is 0 Å². The quantitative estimate of drug-likeness (QED) is 0.711. The number of nitrogens with two attached hydrogens (primary N) is 1. The summed E-state index contributed by atoms with van der Waals surface area (Å²) in [5.74, 6) is 0.962. The molecule has 0 unspecified atom stereocenters. The van der Waals surface area contributed by atoms with Crippen LogP contribution in [-0.2, 0) is 0 Å². The van der Waals surface area contributed by atoms with Gasteiger partial charge in [-0.2, -0.15) is 0 Å². The SMILES string of the molecule is Nc1ccccc1-c1nc2cnccc2n1C1CC1. The van der Waals surface area contributed by atoms with Gasteiger partial charge >= 0.3 is 0 Å². The molecule has 0 atom stereocenters. The van der Waals surface area contributed by atoms with E-state index in [0.29, 0.717) is 6.04 Å². The minimum absolute atomic E-state index is 0.557. The maximum Gasteiger partial charge on any atom is 0.143 e. The normalized spacial score (nSPS) is 14.9. The third-order valence-electron chi connectivity index (χ3n) is 3.61. The van der Waals surface area contributed by atoms with Gasteiger partial charge in [0.2, 0.25) is 0 Å². The second kappa shape index (κ2) is 3.82. The van der Waals surface area contributed by atoms with Gasteiger partial charge in [0.1, 0.15) is 11.3 Å². The van der Waals surface area contributed by atoms with Crippen LogP contribution in [0.4, 0.5) is 5.69 Å². The van der Waals surface area contributed by atoms with Gasteiger partial charge in [0, 0.05) is 23.5 Å². The van der Waals surface area contributed by atoms with Crippen LogP contribution in [0.25, 0.3) is 22.4 Å². The van der Waals surface area contributed by atoms with Gasteiger partial charge < -0.3 is 10.3 Å². The van der Waals surface area contributed by atoms with Gasteiger partial charge in [0.25, 0.3) is 0 Å². The van der Waals surface area contributed by atoms with E-state index in [1.165, 1.54) is 12.8 Å². The van der Waals surface area contributed by atoms with E-state index in [0.717, 1.165) is 28.1 Å². The largest absolute Gasteiger partial charge is 0.398 e. The van der Waals surface area contributed by atoms with E-state index in [-0.39, 0.29) is 0 Å². The fraction of sp³-hybridized carbons (Fsp3) is 0.200. The molecule has 4 rings (SSSR count). The molecule has 0 saturated heterocycles. The van der Waals surface area contributed by atoms with E-state index in [1.807, 2.05) is 42.7 Å². The maximum absolute atomic E-state index is 6.09. The van der Waals surface area contributed by atoms with E-state index in [2.05, 4.69) is 9.55 Å². The summed E-state index contributed by atoms with van der Waals surface area (Å²) in [5.41, 5.74) is 9.96. The topological polar surface area (TPSA) is 56.7 Å². The van der Waals surface area contributed by atoms with Crippen LogP contribution >= 0.6 is 0 Å². The molecule has 4 heteroatoms. The van der Waals surface area contributed by atoms with Crippen LogP contribution in [0.15, 0.2) is 42.7 Å². The second-order valence-electron chi connectivity index (χ2n) is 4.99. The number of aromatic nitrogens is 3. The van der Waals surface area contributed by atoms with Crippen molar-refractivity contribution in [3.63, 3.8) is 0 Å². The van der Waals surface area contributed by atoms with Crippen molar-refractivity contribution in [2.45, 2.75) is 18.9 Å². The molecule has 0 spiro atoms. The van der Waals surface area contributed by atoms with Gasteiger partial charge in [-0.1, -0.05) is 12.1 Å². The Morgan fingerprint density at radius 1 is 1.16 bits per heavy atom. The zero-order valence-electron chi connectivity index (χ0n) is 10.5. The van der Waals surface area contributed by atoms with Crippen LogP contribution in [-0.4, -0.2) is 14.5 Å². The monoisotopic (exact) mass is 250 g/mol. The van der Waals surface area contributed by atoms with E-state index in [1.54, 1.807) is 0 Å². The van der Waals surface area contributed by atoms with Crippen LogP contribution < -0.4 is 5.73 Å². The number of rotatable bonds is 2. The van der Waals surface area contributed by atoms with Crippen molar-refractivity contribution in [3.8, 4) is 11.4 Å². The minimum atomic E-state index is 0.557. The number of fused-ring (bicyclic) bond motifs is 1. The van der Waals surface area contributed by atoms with Gasteiger partial charge in [-0.15, -0.1) is 0 Å². The standard InChI is InChI=1S/C15H14N4/c16-12-4-2-1-3-11(12)15-18-13-9-17-8-7-14(13)19(15)10-5-6-10/h1-4,7-10H,5-6,16H2. The Hall–Kier alpha value is -2.36. The van der Waals surface area contributed by atoms with Crippen molar-refractivity contribution >= 4 is 16.7 Å². The zero-order chi connectivity index (χ0) is 12.8. The minimum Gasteiger partial charge on any atom is -0.398 e. The Morgan fingerprint density at radius 3 is 2.79 bits per heavy atom. The third kappa shape index (κ3) is 1.60.